The van der Waals surface area contributed by atoms with Crippen molar-refractivity contribution in [2.45, 2.75) is 12.0 Å². The molecule has 0 aliphatic carbocycles. The molecule has 0 radical (unpaired) electrons. The normalized spacial score (nSPS) is 18.5. The molecule has 0 bridgehead atoms. The zero-order valence-corrected chi connectivity index (χ0v) is 11.0. The summed E-state index contributed by atoms with van der Waals surface area (Å²) < 4.78 is 28.2. The first-order valence-electron chi connectivity index (χ1n) is 6.52. The van der Waals surface area contributed by atoms with Crippen LogP contribution in [-0.4, -0.2) is 48.7 Å². The molecule has 108 valence electrons. The lowest BCUT2D eigenvalue weighted by Crippen LogP contribution is -2.51. The second-order valence-electron chi connectivity index (χ2n) is 4.84. The van der Waals surface area contributed by atoms with Gasteiger partial charge in [-0.15, -0.1) is 0 Å². The van der Waals surface area contributed by atoms with E-state index in [1.807, 2.05) is 6.07 Å². The van der Waals surface area contributed by atoms with Gasteiger partial charge in [0.15, 0.2) is 0 Å². The van der Waals surface area contributed by atoms with Crippen LogP contribution in [0.5, 0.6) is 0 Å². The Hall–Kier alpha value is -1.55. The van der Waals surface area contributed by atoms with Crippen LogP contribution in [0.4, 0.5) is 8.78 Å². The van der Waals surface area contributed by atoms with Crippen molar-refractivity contribution in [3.63, 3.8) is 0 Å². The van der Waals surface area contributed by atoms with Crippen molar-refractivity contribution >= 4 is 0 Å². The number of aliphatic hydroxyl groups is 1. The molecule has 2 N–H and O–H groups in total. The van der Waals surface area contributed by atoms with E-state index in [2.05, 4.69) is 5.32 Å². The number of nitrogens with one attached hydrogen (secondary N) is 1. The van der Waals surface area contributed by atoms with Crippen LogP contribution >= 0.6 is 0 Å². The van der Waals surface area contributed by atoms with E-state index >= 15 is 0 Å². The van der Waals surface area contributed by atoms with Gasteiger partial charge in [0, 0.05) is 26.2 Å². The predicted octanol–water partition coefficient (Wildman–Crippen LogP) is 1.13. The van der Waals surface area contributed by atoms with Gasteiger partial charge < -0.3 is 10.4 Å². The minimum Gasteiger partial charge on any atom is -0.390 e. The van der Waals surface area contributed by atoms with Crippen molar-refractivity contribution in [3.8, 4) is 6.07 Å². The van der Waals surface area contributed by atoms with Crippen molar-refractivity contribution in [3.05, 3.63) is 35.4 Å². The Balaban J connectivity index is 2.32. The molecular weight excluding hydrogens is 264 g/mol. The Morgan fingerprint density at radius 3 is 2.40 bits per heavy atom. The maximum absolute atomic E-state index is 14.1. The number of benzene rings is 1. The number of nitriles is 1. The summed E-state index contributed by atoms with van der Waals surface area (Å²) in [4.78, 5) is 1.67. The van der Waals surface area contributed by atoms with Gasteiger partial charge >= 0.3 is 0 Å². The summed E-state index contributed by atoms with van der Waals surface area (Å²) >= 11 is 0. The monoisotopic (exact) mass is 281 g/mol. The van der Waals surface area contributed by atoms with Gasteiger partial charge in [0.1, 0.15) is 12.6 Å². The summed E-state index contributed by atoms with van der Waals surface area (Å²) in [5, 5.41) is 20.9. The van der Waals surface area contributed by atoms with E-state index < -0.39 is 18.6 Å². The zero-order chi connectivity index (χ0) is 14.6. The molecule has 1 fully saturated rings. The molecule has 20 heavy (non-hydrogen) atoms. The first-order valence-corrected chi connectivity index (χ1v) is 6.52. The van der Waals surface area contributed by atoms with Crippen molar-refractivity contribution in [1.82, 2.24) is 10.2 Å². The SMILES string of the molecule is N#Cc1ccc([C@@H](N2CCNCC2)C(F)(F)CO)cc1. The predicted molar refractivity (Wildman–Crippen MR) is 70.4 cm³/mol. The molecule has 1 aromatic rings. The third-order valence-electron chi connectivity index (χ3n) is 3.48. The largest absolute Gasteiger partial charge is 0.390 e. The van der Waals surface area contributed by atoms with Gasteiger partial charge in [-0.3, -0.25) is 4.90 Å². The van der Waals surface area contributed by atoms with E-state index in [4.69, 9.17) is 10.4 Å². The minimum absolute atomic E-state index is 0.421. The number of alkyl halides is 2. The average Bonchev–Trinajstić information content (AvgIpc) is 2.49. The van der Waals surface area contributed by atoms with Crippen LogP contribution in [0.3, 0.4) is 0 Å². The standard InChI is InChI=1S/C14H17F2N3O/c15-14(16,10-20)13(19-7-5-18-6-8-19)12-3-1-11(9-17)2-4-12/h1-4,13,18,20H,5-8,10H2/t13-/m1/s1. The fourth-order valence-corrected chi connectivity index (χ4v) is 2.49. The lowest BCUT2D eigenvalue weighted by Gasteiger charge is -2.38. The Kier molecular flexibility index (Phi) is 4.65. The highest BCUT2D eigenvalue weighted by molar-refractivity contribution is 5.33. The third-order valence-corrected chi connectivity index (χ3v) is 3.48. The summed E-state index contributed by atoms with van der Waals surface area (Å²) in [6.07, 6.45) is 0. The van der Waals surface area contributed by atoms with E-state index in [-0.39, 0.29) is 0 Å². The molecule has 0 amide bonds. The molecule has 1 heterocycles. The Labute approximate surface area is 116 Å². The molecular formula is C14H17F2N3O. The fourth-order valence-electron chi connectivity index (χ4n) is 2.49. The molecule has 0 unspecified atom stereocenters. The first kappa shape index (κ1) is 14.9. The molecule has 2 rings (SSSR count). The van der Waals surface area contributed by atoms with Gasteiger partial charge in [0.25, 0.3) is 5.92 Å². The van der Waals surface area contributed by atoms with E-state index in [1.165, 1.54) is 24.3 Å². The van der Waals surface area contributed by atoms with Crippen molar-refractivity contribution in [2.24, 2.45) is 0 Å². The number of halogens is 2. The fraction of sp³-hybridized carbons (Fsp3) is 0.500. The van der Waals surface area contributed by atoms with Gasteiger partial charge in [-0.1, -0.05) is 12.1 Å². The summed E-state index contributed by atoms with van der Waals surface area (Å²) in [7, 11) is 0. The topological polar surface area (TPSA) is 59.3 Å². The minimum atomic E-state index is -3.22. The van der Waals surface area contributed by atoms with Crippen molar-refractivity contribution < 1.29 is 13.9 Å². The second-order valence-corrected chi connectivity index (χ2v) is 4.84. The number of hydrogen-bond donors (Lipinski definition) is 2. The van der Waals surface area contributed by atoms with Gasteiger partial charge in [-0.05, 0) is 17.7 Å². The van der Waals surface area contributed by atoms with Crippen LogP contribution in [-0.2, 0) is 0 Å². The van der Waals surface area contributed by atoms with Crippen LogP contribution in [0.2, 0.25) is 0 Å². The summed E-state index contributed by atoms with van der Waals surface area (Å²) in [6.45, 7) is 1.10. The Morgan fingerprint density at radius 1 is 1.30 bits per heavy atom. The van der Waals surface area contributed by atoms with Crippen LogP contribution < -0.4 is 5.32 Å². The molecule has 4 nitrogen and oxygen atoms in total. The average molecular weight is 281 g/mol. The molecule has 1 aliphatic heterocycles. The van der Waals surface area contributed by atoms with Gasteiger partial charge in [-0.2, -0.15) is 5.26 Å². The van der Waals surface area contributed by atoms with E-state index in [0.29, 0.717) is 37.3 Å². The number of nitrogens with zero attached hydrogens (tertiary/aromatic N) is 2. The number of rotatable bonds is 4. The lowest BCUT2D eigenvalue weighted by atomic mass is 9.97. The molecule has 0 spiro atoms. The number of piperazine rings is 1. The Morgan fingerprint density at radius 2 is 1.90 bits per heavy atom. The molecule has 1 atom stereocenters. The zero-order valence-electron chi connectivity index (χ0n) is 11.0. The van der Waals surface area contributed by atoms with Gasteiger partial charge in [0.05, 0.1) is 11.6 Å². The van der Waals surface area contributed by atoms with Crippen LogP contribution in [0.15, 0.2) is 24.3 Å². The highest BCUT2D eigenvalue weighted by Crippen LogP contribution is 2.36. The Bertz CT molecular complexity index is 478. The number of aliphatic hydroxyl groups excluding tert-OH is 1. The van der Waals surface area contributed by atoms with Gasteiger partial charge in [0.2, 0.25) is 0 Å². The summed E-state index contributed by atoms with van der Waals surface area (Å²) in [6, 6.07) is 6.93. The molecule has 1 aliphatic rings. The smallest absolute Gasteiger partial charge is 0.289 e. The maximum Gasteiger partial charge on any atom is 0.289 e. The van der Waals surface area contributed by atoms with Crippen LogP contribution in [0.1, 0.15) is 17.2 Å². The van der Waals surface area contributed by atoms with E-state index in [1.54, 1.807) is 4.90 Å². The molecule has 6 heteroatoms. The van der Waals surface area contributed by atoms with Gasteiger partial charge in [-0.25, -0.2) is 8.78 Å². The second kappa shape index (κ2) is 6.27. The summed E-state index contributed by atoms with van der Waals surface area (Å²) in [5.74, 6) is -3.22. The van der Waals surface area contributed by atoms with Crippen LogP contribution in [0.25, 0.3) is 0 Å². The molecule has 0 saturated carbocycles. The third kappa shape index (κ3) is 3.12. The van der Waals surface area contributed by atoms with Crippen molar-refractivity contribution in [2.75, 3.05) is 32.8 Å². The molecule has 1 aromatic carbocycles. The van der Waals surface area contributed by atoms with Crippen LogP contribution in [0, 0.1) is 11.3 Å². The highest BCUT2D eigenvalue weighted by atomic mass is 19.3. The van der Waals surface area contributed by atoms with E-state index in [9.17, 15) is 8.78 Å². The van der Waals surface area contributed by atoms with E-state index in [0.717, 1.165) is 0 Å². The lowest BCUT2D eigenvalue weighted by molar-refractivity contribution is -0.118. The summed E-state index contributed by atoms with van der Waals surface area (Å²) in [5.41, 5.74) is 0.852. The molecule has 0 aromatic heterocycles. The van der Waals surface area contributed by atoms with Crippen molar-refractivity contribution in [1.29, 1.82) is 5.26 Å². The quantitative estimate of drug-likeness (QED) is 0.868. The number of hydrogen-bond acceptors (Lipinski definition) is 4. The highest BCUT2D eigenvalue weighted by Gasteiger charge is 2.43. The maximum atomic E-state index is 14.1. The first-order chi connectivity index (χ1) is 9.58. The molecule has 1 saturated heterocycles.